The lowest BCUT2D eigenvalue weighted by molar-refractivity contribution is -0.274. The number of rotatable bonds is 3. The van der Waals surface area contributed by atoms with Gasteiger partial charge >= 0.3 is 12.3 Å². The number of aromatic nitrogens is 2. The Labute approximate surface area is 115 Å². The van der Waals surface area contributed by atoms with E-state index in [1.165, 1.54) is 12.1 Å². The number of ether oxygens (including phenoxy) is 1. The van der Waals surface area contributed by atoms with Gasteiger partial charge in [-0.25, -0.2) is 9.78 Å². The topological polar surface area (TPSA) is 81.4 Å². The summed E-state index contributed by atoms with van der Waals surface area (Å²) in [6.07, 6.45) is -2.86. The Bertz CT molecular complexity index is 723. The van der Waals surface area contributed by atoms with E-state index in [0.29, 0.717) is 0 Å². The molecule has 21 heavy (non-hydrogen) atoms. The van der Waals surface area contributed by atoms with Crippen molar-refractivity contribution in [3.8, 4) is 11.4 Å². The van der Waals surface area contributed by atoms with Crippen molar-refractivity contribution in [3.63, 3.8) is 0 Å². The number of benzene rings is 1. The maximum atomic E-state index is 12.0. The molecular formula is C12H7F3N2O4. The minimum Gasteiger partial charge on any atom is -0.477 e. The molecule has 1 N–H and O–H groups in total. The number of carboxylic acid groups (broad SMARTS) is 1. The summed E-state index contributed by atoms with van der Waals surface area (Å²) < 4.78 is 40.6. The average Bonchev–Trinajstić information content (AvgIpc) is 2.38. The largest absolute Gasteiger partial charge is 0.573 e. The second kappa shape index (κ2) is 5.27. The summed E-state index contributed by atoms with van der Waals surface area (Å²) in [5.74, 6) is -1.90. The van der Waals surface area contributed by atoms with Crippen LogP contribution in [0.2, 0.25) is 0 Å². The maximum absolute atomic E-state index is 12.0. The first-order chi connectivity index (χ1) is 9.78. The fourth-order valence-corrected chi connectivity index (χ4v) is 1.55. The number of alkyl halides is 3. The van der Waals surface area contributed by atoms with Gasteiger partial charge < -0.3 is 9.84 Å². The van der Waals surface area contributed by atoms with Crippen LogP contribution in [0.1, 0.15) is 10.4 Å². The first-order valence-corrected chi connectivity index (χ1v) is 5.44. The van der Waals surface area contributed by atoms with E-state index in [2.05, 4.69) is 9.72 Å². The van der Waals surface area contributed by atoms with Gasteiger partial charge in [-0.3, -0.25) is 9.36 Å². The van der Waals surface area contributed by atoms with Crippen molar-refractivity contribution in [2.45, 2.75) is 6.36 Å². The average molecular weight is 300 g/mol. The molecule has 0 fully saturated rings. The Balaban J connectivity index is 2.38. The molecule has 0 atom stereocenters. The van der Waals surface area contributed by atoms with E-state index in [-0.39, 0.29) is 5.69 Å². The van der Waals surface area contributed by atoms with Crippen molar-refractivity contribution in [1.29, 1.82) is 0 Å². The molecule has 0 bridgehead atoms. The van der Waals surface area contributed by atoms with E-state index in [1.54, 1.807) is 0 Å². The van der Waals surface area contributed by atoms with E-state index in [0.717, 1.165) is 29.2 Å². The molecule has 0 aliphatic carbocycles. The van der Waals surface area contributed by atoms with Crippen LogP contribution in [0.3, 0.4) is 0 Å². The highest BCUT2D eigenvalue weighted by Crippen LogP contribution is 2.23. The first-order valence-electron chi connectivity index (χ1n) is 5.44. The number of aromatic carboxylic acids is 1. The van der Waals surface area contributed by atoms with Crippen LogP contribution in [-0.2, 0) is 0 Å². The molecule has 0 unspecified atom stereocenters. The number of carbonyl (C=O) groups is 1. The monoisotopic (exact) mass is 300 g/mol. The molecule has 0 amide bonds. The van der Waals surface area contributed by atoms with Gasteiger partial charge in [-0.05, 0) is 24.3 Å². The second-order valence-electron chi connectivity index (χ2n) is 3.83. The minimum absolute atomic E-state index is 0.158. The smallest absolute Gasteiger partial charge is 0.477 e. The molecule has 0 spiro atoms. The summed E-state index contributed by atoms with van der Waals surface area (Å²) in [5, 5.41) is 8.81. The highest BCUT2D eigenvalue weighted by atomic mass is 19.4. The predicted molar refractivity (Wildman–Crippen MR) is 63.5 cm³/mol. The van der Waals surface area contributed by atoms with Crippen molar-refractivity contribution in [3.05, 3.63) is 52.7 Å². The summed E-state index contributed by atoms with van der Waals surface area (Å²) in [6, 6.07) is 4.36. The maximum Gasteiger partial charge on any atom is 0.573 e. The van der Waals surface area contributed by atoms with Gasteiger partial charge in [0, 0.05) is 6.20 Å². The molecule has 0 saturated heterocycles. The van der Waals surface area contributed by atoms with Crippen molar-refractivity contribution in [1.82, 2.24) is 9.55 Å². The molecule has 9 heteroatoms. The van der Waals surface area contributed by atoms with Gasteiger partial charge in [-0.15, -0.1) is 13.2 Å². The molecule has 0 aliphatic heterocycles. The van der Waals surface area contributed by atoms with Crippen LogP contribution < -0.4 is 10.3 Å². The summed E-state index contributed by atoms with van der Waals surface area (Å²) in [5.41, 5.74) is -1.24. The summed E-state index contributed by atoms with van der Waals surface area (Å²) in [7, 11) is 0. The van der Waals surface area contributed by atoms with Crippen LogP contribution in [0.25, 0.3) is 5.69 Å². The summed E-state index contributed by atoms with van der Waals surface area (Å²) in [4.78, 5) is 26.3. The summed E-state index contributed by atoms with van der Waals surface area (Å²) >= 11 is 0. The second-order valence-corrected chi connectivity index (χ2v) is 3.83. The molecule has 6 nitrogen and oxygen atoms in total. The van der Waals surface area contributed by atoms with Crippen LogP contribution in [0.4, 0.5) is 13.2 Å². The van der Waals surface area contributed by atoms with Crippen molar-refractivity contribution in [2.75, 3.05) is 0 Å². The molecule has 0 aliphatic rings. The molecule has 110 valence electrons. The number of hydrogen-bond donors (Lipinski definition) is 1. The standard InChI is InChI=1S/C12H7F3N2O4/c13-12(14,15)21-8-3-1-7(2-4-8)17-6-16-5-9(10(17)18)11(19)20/h1-6H,(H,19,20). The highest BCUT2D eigenvalue weighted by Gasteiger charge is 2.31. The molecule has 2 rings (SSSR count). The van der Waals surface area contributed by atoms with Crippen molar-refractivity contribution >= 4 is 5.97 Å². The quantitative estimate of drug-likeness (QED) is 0.935. The first kappa shape index (κ1) is 14.6. The van der Waals surface area contributed by atoms with Crippen LogP contribution >= 0.6 is 0 Å². The van der Waals surface area contributed by atoms with E-state index in [9.17, 15) is 22.8 Å². The van der Waals surface area contributed by atoms with E-state index in [4.69, 9.17) is 5.11 Å². The van der Waals surface area contributed by atoms with Crippen LogP contribution in [0.15, 0.2) is 41.6 Å². The molecule has 1 heterocycles. The highest BCUT2D eigenvalue weighted by molar-refractivity contribution is 5.86. The zero-order chi connectivity index (χ0) is 15.6. The number of hydrogen-bond acceptors (Lipinski definition) is 4. The number of nitrogens with zero attached hydrogens (tertiary/aromatic N) is 2. The third-order valence-corrected chi connectivity index (χ3v) is 2.41. The number of halogens is 3. The fraction of sp³-hybridized carbons (Fsp3) is 0.0833. The van der Waals surface area contributed by atoms with Gasteiger partial charge in [0.05, 0.1) is 5.69 Å². The Kier molecular flexibility index (Phi) is 3.66. The van der Waals surface area contributed by atoms with E-state index < -0.39 is 29.2 Å². The molecule has 0 radical (unpaired) electrons. The summed E-state index contributed by atoms with van der Waals surface area (Å²) in [6.45, 7) is 0. The fourth-order valence-electron chi connectivity index (χ4n) is 1.55. The van der Waals surface area contributed by atoms with Gasteiger partial charge in [-0.2, -0.15) is 0 Å². The molecular weight excluding hydrogens is 293 g/mol. The van der Waals surface area contributed by atoms with Gasteiger partial charge in [0.25, 0.3) is 5.56 Å². The Morgan fingerprint density at radius 2 is 1.86 bits per heavy atom. The minimum atomic E-state index is -4.82. The third kappa shape index (κ3) is 3.38. The molecule has 0 saturated carbocycles. The van der Waals surface area contributed by atoms with Gasteiger partial charge in [0.2, 0.25) is 0 Å². The van der Waals surface area contributed by atoms with Crippen LogP contribution in [0, 0.1) is 0 Å². The predicted octanol–water partition coefficient (Wildman–Crippen LogP) is 1.83. The van der Waals surface area contributed by atoms with Crippen molar-refractivity contribution < 1.29 is 27.8 Å². The van der Waals surface area contributed by atoms with Crippen molar-refractivity contribution in [2.24, 2.45) is 0 Å². The zero-order valence-corrected chi connectivity index (χ0v) is 10.2. The van der Waals surface area contributed by atoms with E-state index in [1.807, 2.05) is 0 Å². The Morgan fingerprint density at radius 3 is 2.38 bits per heavy atom. The molecule has 2 aromatic rings. The number of carboxylic acids is 1. The third-order valence-electron chi connectivity index (χ3n) is 2.41. The van der Waals surface area contributed by atoms with Gasteiger partial charge in [-0.1, -0.05) is 0 Å². The van der Waals surface area contributed by atoms with Crippen LogP contribution in [-0.4, -0.2) is 27.0 Å². The lowest BCUT2D eigenvalue weighted by atomic mass is 10.3. The van der Waals surface area contributed by atoms with E-state index >= 15 is 0 Å². The Morgan fingerprint density at radius 1 is 1.24 bits per heavy atom. The Hall–Kier alpha value is -2.84. The van der Waals surface area contributed by atoms with Gasteiger partial charge in [0.1, 0.15) is 17.6 Å². The van der Waals surface area contributed by atoms with Crippen LogP contribution in [0.5, 0.6) is 5.75 Å². The van der Waals surface area contributed by atoms with Gasteiger partial charge in [0.15, 0.2) is 0 Å². The normalized spacial score (nSPS) is 11.2. The molecule has 1 aromatic carbocycles. The molecule has 1 aromatic heterocycles. The lowest BCUT2D eigenvalue weighted by Crippen LogP contribution is -2.25. The lowest BCUT2D eigenvalue weighted by Gasteiger charge is -2.10. The SMILES string of the molecule is O=C(O)c1cncn(-c2ccc(OC(F)(F)F)cc2)c1=O. The zero-order valence-electron chi connectivity index (χ0n) is 10.2.